The maximum atomic E-state index is 6.00. The summed E-state index contributed by atoms with van der Waals surface area (Å²) in [6.45, 7) is 1.62. The fourth-order valence-corrected chi connectivity index (χ4v) is 2.59. The molecule has 2 rings (SSSR count). The summed E-state index contributed by atoms with van der Waals surface area (Å²) in [7, 11) is 0. The van der Waals surface area contributed by atoms with E-state index >= 15 is 0 Å². The summed E-state index contributed by atoms with van der Waals surface area (Å²) >= 11 is 6.95. The van der Waals surface area contributed by atoms with E-state index in [1.165, 1.54) is 5.56 Å². The first-order chi connectivity index (χ1) is 7.79. The summed E-state index contributed by atoms with van der Waals surface area (Å²) in [6, 6.07) is 6.13. The van der Waals surface area contributed by atoms with Gasteiger partial charge in [0.1, 0.15) is 11.9 Å². The van der Waals surface area contributed by atoms with Gasteiger partial charge in [-0.15, -0.1) is 0 Å². The Bertz CT molecular complexity index is 349. The molecule has 0 saturated carbocycles. The monoisotopic (exact) mass is 348 g/mol. The standard InChI is InChI=1S/C12H14Br2O2/c13-8-9-7-10(14)1-2-12(9)16-11-3-5-15-6-4-11/h1-2,7,11H,3-6,8H2. The minimum absolute atomic E-state index is 0.299. The molecule has 0 radical (unpaired) electrons. The number of ether oxygens (including phenoxy) is 2. The van der Waals surface area contributed by atoms with Gasteiger partial charge in [0.2, 0.25) is 0 Å². The van der Waals surface area contributed by atoms with Gasteiger partial charge in [-0.25, -0.2) is 0 Å². The summed E-state index contributed by atoms with van der Waals surface area (Å²) in [5, 5.41) is 0.811. The SMILES string of the molecule is BrCc1cc(Br)ccc1OC1CCOCC1. The number of benzene rings is 1. The molecule has 0 atom stereocenters. The van der Waals surface area contributed by atoms with E-state index in [-0.39, 0.29) is 0 Å². The minimum atomic E-state index is 0.299. The van der Waals surface area contributed by atoms with E-state index in [1.807, 2.05) is 12.1 Å². The van der Waals surface area contributed by atoms with Crippen LogP contribution in [0.1, 0.15) is 18.4 Å². The highest BCUT2D eigenvalue weighted by Gasteiger charge is 2.16. The van der Waals surface area contributed by atoms with E-state index in [2.05, 4.69) is 37.9 Å². The molecule has 1 aliphatic rings. The quantitative estimate of drug-likeness (QED) is 0.770. The molecule has 4 heteroatoms. The zero-order valence-electron chi connectivity index (χ0n) is 8.92. The van der Waals surface area contributed by atoms with Crippen LogP contribution in [0.5, 0.6) is 5.75 Å². The second-order valence-corrected chi connectivity index (χ2v) is 5.29. The highest BCUT2D eigenvalue weighted by molar-refractivity contribution is 9.10. The molecule has 0 N–H and O–H groups in total. The van der Waals surface area contributed by atoms with E-state index in [0.717, 1.165) is 41.6 Å². The van der Waals surface area contributed by atoms with Crippen LogP contribution in [0.15, 0.2) is 22.7 Å². The van der Waals surface area contributed by atoms with Gasteiger partial charge in [0, 0.05) is 28.2 Å². The van der Waals surface area contributed by atoms with Crippen molar-refractivity contribution >= 4 is 31.9 Å². The number of hydrogen-bond donors (Lipinski definition) is 0. The molecule has 1 aromatic rings. The normalized spacial score (nSPS) is 17.4. The minimum Gasteiger partial charge on any atom is -0.490 e. The number of rotatable bonds is 3. The molecule has 1 aliphatic heterocycles. The van der Waals surface area contributed by atoms with Crippen molar-refractivity contribution in [2.75, 3.05) is 13.2 Å². The molecule has 0 unspecified atom stereocenters. The van der Waals surface area contributed by atoms with E-state index in [1.54, 1.807) is 0 Å². The Labute approximate surface area is 113 Å². The van der Waals surface area contributed by atoms with Gasteiger partial charge in [0.25, 0.3) is 0 Å². The smallest absolute Gasteiger partial charge is 0.123 e. The van der Waals surface area contributed by atoms with Crippen LogP contribution in [0.2, 0.25) is 0 Å². The average molecular weight is 350 g/mol. The fraction of sp³-hybridized carbons (Fsp3) is 0.500. The van der Waals surface area contributed by atoms with Crippen molar-refractivity contribution in [3.05, 3.63) is 28.2 Å². The Morgan fingerprint density at radius 3 is 2.75 bits per heavy atom. The van der Waals surface area contributed by atoms with E-state index in [4.69, 9.17) is 9.47 Å². The van der Waals surface area contributed by atoms with Gasteiger partial charge in [-0.3, -0.25) is 0 Å². The van der Waals surface area contributed by atoms with E-state index in [0.29, 0.717) is 6.10 Å². The van der Waals surface area contributed by atoms with Crippen LogP contribution in [0.4, 0.5) is 0 Å². The first-order valence-electron chi connectivity index (χ1n) is 5.38. The lowest BCUT2D eigenvalue weighted by Crippen LogP contribution is -2.26. The van der Waals surface area contributed by atoms with Gasteiger partial charge >= 0.3 is 0 Å². The van der Waals surface area contributed by atoms with Gasteiger partial charge in [-0.2, -0.15) is 0 Å². The highest BCUT2D eigenvalue weighted by Crippen LogP contribution is 2.27. The van der Waals surface area contributed by atoms with Gasteiger partial charge in [-0.1, -0.05) is 31.9 Å². The predicted molar refractivity (Wildman–Crippen MR) is 71.2 cm³/mol. The zero-order valence-corrected chi connectivity index (χ0v) is 12.1. The summed E-state index contributed by atoms with van der Waals surface area (Å²) in [4.78, 5) is 0. The molecular weight excluding hydrogens is 336 g/mol. The van der Waals surface area contributed by atoms with Gasteiger partial charge in [-0.05, 0) is 18.2 Å². The maximum Gasteiger partial charge on any atom is 0.123 e. The average Bonchev–Trinajstić information content (AvgIpc) is 2.33. The largest absolute Gasteiger partial charge is 0.490 e. The van der Waals surface area contributed by atoms with Crippen LogP contribution < -0.4 is 4.74 Å². The highest BCUT2D eigenvalue weighted by atomic mass is 79.9. The third-order valence-corrected chi connectivity index (χ3v) is 3.73. The molecule has 0 amide bonds. The lowest BCUT2D eigenvalue weighted by Gasteiger charge is -2.24. The Morgan fingerprint density at radius 2 is 2.06 bits per heavy atom. The molecule has 88 valence electrons. The van der Waals surface area contributed by atoms with Crippen LogP contribution in [0, 0.1) is 0 Å². The molecule has 1 aromatic carbocycles. The number of hydrogen-bond acceptors (Lipinski definition) is 2. The lowest BCUT2D eigenvalue weighted by molar-refractivity contribution is 0.0253. The van der Waals surface area contributed by atoms with Crippen molar-refractivity contribution in [3.63, 3.8) is 0 Å². The summed E-state index contributed by atoms with van der Waals surface area (Å²) in [6.07, 6.45) is 2.27. The molecule has 2 nitrogen and oxygen atoms in total. The first kappa shape index (κ1) is 12.4. The third kappa shape index (κ3) is 3.22. The van der Waals surface area contributed by atoms with Crippen LogP contribution in [0.25, 0.3) is 0 Å². The van der Waals surface area contributed by atoms with Crippen LogP contribution >= 0.6 is 31.9 Å². The van der Waals surface area contributed by atoms with E-state index in [9.17, 15) is 0 Å². The maximum absolute atomic E-state index is 6.00. The lowest BCUT2D eigenvalue weighted by atomic mass is 10.1. The van der Waals surface area contributed by atoms with Crippen molar-refractivity contribution in [2.45, 2.75) is 24.3 Å². The van der Waals surface area contributed by atoms with Gasteiger partial charge < -0.3 is 9.47 Å². The summed E-state index contributed by atoms with van der Waals surface area (Å²) < 4.78 is 12.4. The van der Waals surface area contributed by atoms with Gasteiger partial charge in [0.05, 0.1) is 13.2 Å². The summed E-state index contributed by atoms with van der Waals surface area (Å²) in [5.41, 5.74) is 1.18. The summed E-state index contributed by atoms with van der Waals surface area (Å²) in [5.74, 6) is 0.979. The molecule has 16 heavy (non-hydrogen) atoms. The van der Waals surface area contributed by atoms with Crippen molar-refractivity contribution < 1.29 is 9.47 Å². The molecule has 1 heterocycles. The predicted octanol–water partition coefficient (Wildman–Crippen LogP) is 3.90. The van der Waals surface area contributed by atoms with Crippen molar-refractivity contribution in [1.29, 1.82) is 0 Å². The van der Waals surface area contributed by atoms with Crippen molar-refractivity contribution in [2.24, 2.45) is 0 Å². The van der Waals surface area contributed by atoms with Crippen LogP contribution in [0.3, 0.4) is 0 Å². The molecular formula is C12H14Br2O2. The Hall–Kier alpha value is -0.0600. The van der Waals surface area contributed by atoms with Crippen LogP contribution in [-0.2, 0) is 10.1 Å². The Balaban J connectivity index is 2.07. The van der Waals surface area contributed by atoms with Gasteiger partial charge in [0.15, 0.2) is 0 Å². The topological polar surface area (TPSA) is 18.5 Å². The zero-order chi connectivity index (χ0) is 11.4. The van der Waals surface area contributed by atoms with Crippen molar-refractivity contribution in [1.82, 2.24) is 0 Å². The molecule has 0 aromatic heterocycles. The van der Waals surface area contributed by atoms with Crippen molar-refractivity contribution in [3.8, 4) is 5.75 Å². The second kappa shape index (κ2) is 6.03. The Morgan fingerprint density at radius 1 is 1.31 bits per heavy atom. The third-order valence-electron chi connectivity index (χ3n) is 2.63. The first-order valence-corrected chi connectivity index (χ1v) is 7.30. The number of alkyl halides is 1. The molecule has 1 saturated heterocycles. The molecule has 0 spiro atoms. The fourth-order valence-electron chi connectivity index (χ4n) is 1.74. The van der Waals surface area contributed by atoms with Crippen LogP contribution in [-0.4, -0.2) is 19.3 Å². The Kier molecular flexibility index (Phi) is 4.67. The molecule has 0 aliphatic carbocycles. The number of halogens is 2. The second-order valence-electron chi connectivity index (χ2n) is 3.82. The molecule has 1 fully saturated rings. The van der Waals surface area contributed by atoms with E-state index < -0.39 is 0 Å². The molecule has 0 bridgehead atoms.